The van der Waals surface area contributed by atoms with Gasteiger partial charge in [0.15, 0.2) is 5.16 Å². The lowest BCUT2D eigenvalue weighted by molar-refractivity contribution is 0.205. The maximum Gasteiger partial charge on any atom is 0.251 e. The van der Waals surface area contributed by atoms with Crippen molar-refractivity contribution < 1.29 is 5.11 Å². The summed E-state index contributed by atoms with van der Waals surface area (Å²) in [6.45, 7) is 0. The lowest BCUT2D eigenvalue weighted by Gasteiger charge is -2.12. The number of thioether (sulfide) groups is 1. The van der Waals surface area contributed by atoms with Crippen molar-refractivity contribution in [1.82, 2.24) is 9.97 Å². The van der Waals surface area contributed by atoms with Crippen molar-refractivity contribution in [2.24, 2.45) is 0 Å². The number of H-pyrrole nitrogens is 1. The molecule has 6 heteroatoms. The summed E-state index contributed by atoms with van der Waals surface area (Å²) in [5.74, 6) is 0.376. The van der Waals surface area contributed by atoms with Crippen LogP contribution in [-0.4, -0.2) is 20.8 Å². The number of aliphatic hydroxyl groups excluding tert-OH is 1. The zero-order valence-electron chi connectivity index (χ0n) is 9.54. The van der Waals surface area contributed by atoms with E-state index in [1.807, 2.05) is 12.1 Å². The Morgan fingerprint density at radius 3 is 2.89 bits per heavy atom. The molecule has 2 rings (SSSR count). The number of anilines is 1. The number of aromatic amines is 1. The van der Waals surface area contributed by atoms with Crippen LogP contribution >= 0.6 is 11.8 Å². The lowest BCUT2D eigenvalue weighted by Crippen LogP contribution is -2.08. The molecule has 0 fully saturated rings. The van der Waals surface area contributed by atoms with Crippen LogP contribution in [0.5, 0.6) is 0 Å². The van der Waals surface area contributed by atoms with Gasteiger partial charge in [0.25, 0.3) is 5.56 Å². The van der Waals surface area contributed by atoms with Crippen LogP contribution in [0.4, 0.5) is 5.69 Å². The van der Waals surface area contributed by atoms with E-state index < -0.39 is 6.10 Å². The van der Waals surface area contributed by atoms with Crippen LogP contribution in [0.25, 0.3) is 0 Å². The predicted octanol–water partition coefficient (Wildman–Crippen LogP) is 1.18. The topological polar surface area (TPSA) is 92.0 Å². The third-order valence-corrected chi connectivity index (χ3v) is 3.34. The number of rotatable bonds is 4. The van der Waals surface area contributed by atoms with Crippen LogP contribution in [0, 0.1) is 0 Å². The summed E-state index contributed by atoms with van der Waals surface area (Å²) in [5, 5.41) is 10.5. The highest BCUT2D eigenvalue weighted by molar-refractivity contribution is 7.99. The third-order valence-electron chi connectivity index (χ3n) is 2.38. The number of nitrogen functional groups attached to an aromatic ring is 1. The molecular formula is C12H13N3O2S. The van der Waals surface area contributed by atoms with Gasteiger partial charge in [-0.3, -0.25) is 4.79 Å². The summed E-state index contributed by atoms with van der Waals surface area (Å²) in [6.07, 6.45) is 0.742. The number of hydrogen-bond acceptors (Lipinski definition) is 5. The zero-order valence-corrected chi connectivity index (χ0v) is 10.4. The first-order valence-electron chi connectivity index (χ1n) is 5.37. The fraction of sp³-hybridized carbons (Fsp3) is 0.167. The maximum absolute atomic E-state index is 11.1. The molecule has 0 saturated carbocycles. The Balaban J connectivity index is 2.03. The Kier molecular flexibility index (Phi) is 4.01. The van der Waals surface area contributed by atoms with E-state index in [4.69, 9.17) is 5.73 Å². The number of aromatic nitrogens is 2. The van der Waals surface area contributed by atoms with Crippen LogP contribution in [0.3, 0.4) is 0 Å². The lowest BCUT2D eigenvalue weighted by atomic mass is 10.1. The molecule has 0 bridgehead atoms. The summed E-state index contributed by atoms with van der Waals surface area (Å²) in [7, 11) is 0. The minimum Gasteiger partial charge on any atom is -0.398 e. The summed E-state index contributed by atoms with van der Waals surface area (Å²) in [6, 6.07) is 8.50. The first-order chi connectivity index (χ1) is 8.66. The van der Waals surface area contributed by atoms with E-state index in [1.165, 1.54) is 24.0 Å². The Morgan fingerprint density at radius 2 is 2.17 bits per heavy atom. The van der Waals surface area contributed by atoms with Crippen molar-refractivity contribution in [1.29, 1.82) is 0 Å². The van der Waals surface area contributed by atoms with Gasteiger partial charge in [0.2, 0.25) is 0 Å². The monoisotopic (exact) mass is 263 g/mol. The van der Waals surface area contributed by atoms with E-state index in [-0.39, 0.29) is 5.56 Å². The van der Waals surface area contributed by atoms with Crippen molar-refractivity contribution >= 4 is 17.4 Å². The molecule has 4 N–H and O–H groups in total. The number of nitrogens with two attached hydrogens (primary N) is 1. The van der Waals surface area contributed by atoms with Gasteiger partial charge in [-0.1, -0.05) is 30.0 Å². The summed E-state index contributed by atoms with van der Waals surface area (Å²) in [4.78, 5) is 17.6. The molecular weight excluding hydrogens is 250 g/mol. The predicted molar refractivity (Wildman–Crippen MR) is 71.4 cm³/mol. The van der Waals surface area contributed by atoms with Gasteiger partial charge in [-0.2, -0.15) is 0 Å². The third kappa shape index (κ3) is 3.12. The SMILES string of the molecule is Nc1ccccc1C(O)CSc1nccc(=O)[nH]1. The highest BCUT2D eigenvalue weighted by Crippen LogP contribution is 2.25. The molecule has 0 aliphatic heterocycles. The molecule has 2 aromatic rings. The van der Waals surface area contributed by atoms with Crippen LogP contribution in [0.1, 0.15) is 11.7 Å². The maximum atomic E-state index is 11.1. The van der Waals surface area contributed by atoms with Gasteiger partial charge in [0, 0.05) is 29.3 Å². The molecule has 1 aromatic carbocycles. The molecule has 1 heterocycles. The summed E-state index contributed by atoms with van der Waals surface area (Å²) >= 11 is 1.27. The number of nitrogens with one attached hydrogen (secondary N) is 1. The van der Waals surface area contributed by atoms with Crippen molar-refractivity contribution in [3.8, 4) is 0 Å². The van der Waals surface area contributed by atoms with Gasteiger partial charge < -0.3 is 15.8 Å². The molecule has 18 heavy (non-hydrogen) atoms. The molecule has 0 aliphatic carbocycles. The van der Waals surface area contributed by atoms with Crippen molar-refractivity contribution in [2.45, 2.75) is 11.3 Å². The normalized spacial score (nSPS) is 12.3. The van der Waals surface area contributed by atoms with E-state index in [2.05, 4.69) is 9.97 Å². The van der Waals surface area contributed by atoms with Crippen LogP contribution in [0.15, 0.2) is 46.5 Å². The number of hydrogen-bond donors (Lipinski definition) is 3. The highest BCUT2D eigenvalue weighted by atomic mass is 32.2. The Bertz CT molecular complexity index is 585. The fourth-order valence-electron chi connectivity index (χ4n) is 1.49. The van der Waals surface area contributed by atoms with Crippen molar-refractivity contribution in [2.75, 3.05) is 11.5 Å². The van der Waals surface area contributed by atoms with Crippen LogP contribution < -0.4 is 11.3 Å². The molecule has 1 atom stereocenters. The van der Waals surface area contributed by atoms with Gasteiger partial charge in [0.05, 0.1) is 6.10 Å². The molecule has 0 saturated heterocycles. The van der Waals surface area contributed by atoms with E-state index >= 15 is 0 Å². The van der Waals surface area contributed by atoms with E-state index in [0.717, 1.165) is 0 Å². The number of benzene rings is 1. The quantitative estimate of drug-likeness (QED) is 0.437. The van der Waals surface area contributed by atoms with Crippen molar-refractivity contribution in [3.05, 3.63) is 52.4 Å². The van der Waals surface area contributed by atoms with Gasteiger partial charge in [-0.25, -0.2) is 4.98 Å². The van der Waals surface area contributed by atoms with E-state index in [9.17, 15) is 9.90 Å². The molecule has 1 unspecified atom stereocenters. The molecule has 0 aliphatic rings. The summed E-state index contributed by atoms with van der Waals surface area (Å²) < 4.78 is 0. The first-order valence-corrected chi connectivity index (χ1v) is 6.36. The number of para-hydroxylation sites is 1. The van der Waals surface area contributed by atoms with E-state index in [0.29, 0.717) is 22.2 Å². The molecule has 94 valence electrons. The second-order valence-corrected chi connectivity index (χ2v) is 4.70. The smallest absolute Gasteiger partial charge is 0.251 e. The van der Waals surface area contributed by atoms with Gasteiger partial charge in [0.1, 0.15) is 0 Å². The average Bonchev–Trinajstić information content (AvgIpc) is 2.37. The average molecular weight is 263 g/mol. The molecule has 1 aromatic heterocycles. The largest absolute Gasteiger partial charge is 0.398 e. The van der Waals surface area contributed by atoms with Gasteiger partial charge in [-0.05, 0) is 6.07 Å². The Labute approximate surface area is 108 Å². The zero-order chi connectivity index (χ0) is 13.0. The second-order valence-electron chi connectivity index (χ2n) is 3.69. The Morgan fingerprint density at radius 1 is 1.39 bits per heavy atom. The molecule has 0 radical (unpaired) electrons. The number of aliphatic hydroxyl groups is 1. The minimum absolute atomic E-state index is 0.207. The van der Waals surface area contributed by atoms with E-state index in [1.54, 1.807) is 12.1 Å². The van der Waals surface area contributed by atoms with Gasteiger partial charge >= 0.3 is 0 Å². The van der Waals surface area contributed by atoms with Crippen molar-refractivity contribution in [3.63, 3.8) is 0 Å². The summed E-state index contributed by atoms with van der Waals surface area (Å²) in [5.41, 5.74) is 6.80. The molecule has 0 spiro atoms. The number of nitrogens with zero attached hydrogens (tertiary/aromatic N) is 1. The molecule has 5 nitrogen and oxygen atoms in total. The Hall–Kier alpha value is -1.79. The van der Waals surface area contributed by atoms with Gasteiger partial charge in [-0.15, -0.1) is 0 Å². The first kappa shape index (κ1) is 12.7. The van der Waals surface area contributed by atoms with Crippen LogP contribution in [0.2, 0.25) is 0 Å². The standard InChI is InChI=1S/C12H13N3O2S/c13-9-4-2-1-3-8(9)10(16)7-18-12-14-6-5-11(17)15-12/h1-6,10,16H,7,13H2,(H,14,15,17). The fourth-order valence-corrected chi connectivity index (χ4v) is 2.29. The minimum atomic E-state index is -0.693. The second kappa shape index (κ2) is 5.70. The van der Waals surface area contributed by atoms with Crippen LogP contribution in [-0.2, 0) is 0 Å². The highest BCUT2D eigenvalue weighted by Gasteiger charge is 2.11. The molecule has 0 amide bonds.